The molecule has 7 heteroatoms. The number of fused-ring (bicyclic) bond motifs is 1. The molecule has 32 heavy (non-hydrogen) atoms. The van der Waals surface area contributed by atoms with Gasteiger partial charge in [0.2, 0.25) is 4.96 Å². The first-order chi connectivity index (χ1) is 15.5. The fourth-order valence-corrected chi connectivity index (χ4v) is 4.72. The summed E-state index contributed by atoms with van der Waals surface area (Å²) in [7, 11) is 0. The Balaban J connectivity index is 1.47. The molecule has 0 radical (unpaired) electrons. The summed E-state index contributed by atoms with van der Waals surface area (Å²) in [6.45, 7) is 1.91. The average molecular weight is 506 g/mol. The minimum atomic E-state index is -0.294. The Labute approximate surface area is 195 Å². The number of hydrogen-bond donors (Lipinski definition) is 0. The molecule has 0 bridgehead atoms. The molecule has 5 aromatic rings. The highest BCUT2D eigenvalue weighted by Crippen LogP contribution is 2.28. The predicted octanol–water partition coefficient (Wildman–Crippen LogP) is 5.42. The van der Waals surface area contributed by atoms with E-state index in [1.54, 1.807) is 6.07 Å². The van der Waals surface area contributed by atoms with Gasteiger partial charge < -0.3 is 0 Å². The van der Waals surface area contributed by atoms with Gasteiger partial charge in [0.25, 0.3) is 5.56 Å². The van der Waals surface area contributed by atoms with Crippen molar-refractivity contribution in [3.8, 4) is 11.1 Å². The van der Waals surface area contributed by atoms with Gasteiger partial charge >= 0.3 is 0 Å². The van der Waals surface area contributed by atoms with E-state index in [-0.39, 0.29) is 17.3 Å². The largest absolute Gasteiger partial charge is 0.291 e. The van der Waals surface area contributed by atoms with Crippen LogP contribution in [0.5, 0.6) is 0 Å². The number of nitrogens with zero attached hydrogens (tertiary/aromatic N) is 3. The summed E-state index contributed by atoms with van der Waals surface area (Å²) < 4.78 is 17.7. The van der Waals surface area contributed by atoms with Gasteiger partial charge in [-0.15, -0.1) is 5.10 Å². The zero-order valence-electron chi connectivity index (χ0n) is 17.0. The first kappa shape index (κ1) is 20.7. The molecule has 2 aromatic heterocycles. The van der Waals surface area contributed by atoms with Gasteiger partial charge in [-0.05, 0) is 41.0 Å². The molecule has 4 nitrogen and oxygen atoms in total. The minimum Gasteiger partial charge on any atom is -0.266 e. The predicted molar refractivity (Wildman–Crippen MR) is 129 cm³/mol. The molecule has 2 heterocycles. The second-order valence-corrected chi connectivity index (χ2v) is 9.38. The molecule has 158 valence electrons. The fourth-order valence-electron chi connectivity index (χ4n) is 3.54. The van der Waals surface area contributed by atoms with Crippen molar-refractivity contribution < 1.29 is 4.39 Å². The van der Waals surface area contributed by atoms with Gasteiger partial charge in [-0.1, -0.05) is 88.8 Å². The monoisotopic (exact) mass is 505 g/mol. The van der Waals surface area contributed by atoms with Gasteiger partial charge in [-0.25, -0.2) is 9.37 Å². The summed E-state index contributed by atoms with van der Waals surface area (Å²) in [6, 6.07) is 22.3. The number of rotatable bonds is 4. The zero-order valence-corrected chi connectivity index (χ0v) is 19.4. The Hall–Kier alpha value is -3.16. The summed E-state index contributed by atoms with van der Waals surface area (Å²) in [5, 5.41) is 4.43. The Kier molecular flexibility index (Phi) is 5.45. The van der Waals surface area contributed by atoms with Gasteiger partial charge in [-0.2, -0.15) is 4.52 Å². The normalized spacial score (nSPS) is 13.0. The standard InChI is InChI=1S/C25H17BrFN3OS/c1-15(18-9-12-20(21(27)14-18)17-5-3-2-4-6-17)23-28-25-30(29-23)24(31)22(32-25)13-16-7-10-19(26)11-8-16/h2-15H,1H3/b22-13-. The Morgan fingerprint density at radius 3 is 2.50 bits per heavy atom. The second-order valence-electron chi connectivity index (χ2n) is 7.46. The molecule has 0 saturated carbocycles. The van der Waals surface area contributed by atoms with Crippen LogP contribution >= 0.6 is 27.3 Å². The summed E-state index contributed by atoms with van der Waals surface area (Å²) in [6.07, 6.45) is 1.83. The van der Waals surface area contributed by atoms with E-state index in [1.165, 1.54) is 21.9 Å². The van der Waals surface area contributed by atoms with Crippen molar-refractivity contribution in [2.45, 2.75) is 12.8 Å². The highest BCUT2D eigenvalue weighted by molar-refractivity contribution is 9.10. The molecule has 0 aliphatic rings. The van der Waals surface area contributed by atoms with Crippen molar-refractivity contribution in [3.05, 3.63) is 115 Å². The minimum absolute atomic E-state index is 0.204. The van der Waals surface area contributed by atoms with E-state index in [2.05, 4.69) is 26.0 Å². The van der Waals surface area contributed by atoms with Crippen LogP contribution < -0.4 is 10.1 Å². The smallest absolute Gasteiger partial charge is 0.266 e. The van der Waals surface area contributed by atoms with E-state index in [4.69, 9.17) is 0 Å². The summed E-state index contributed by atoms with van der Waals surface area (Å²) in [5.41, 5.74) is 2.86. The Bertz CT molecular complexity index is 1530. The molecular formula is C25H17BrFN3OS. The van der Waals surface area contributed by atoms with Crippen molar-refractivity contribution in [1.29, 1.82) is 0 Å². The topological polar surface area (TPSA) is 47.3 Å². The molecule has 0 amide bonds. The van der Waals surface area contributed by atoms with Crippen LogP contribution in [-0.4, -0.2) is 14.6 Å². The first-order valence-corrected chi connectivity index (χ1v) is 11.6. The molecule has 5 rings (SSSR count). The van der Waals surface area contributed by atoms with Crippen molar-refractivity contribution in [2.75, 3.05) is 0 Å². The van der Waals surface area contributed by atoms with Gasteiger partial charge in [0, 0.05) is 16.0 Å². The van der Waals surface area contributed by atoms with Crippen LogP contribution in [-0.2, 0) is 0 Å². The second kappa shape index (κ2) is 8.41. The van der Waals surface area contributed by atoms with Gasteiger partial charge in [0.15, 0.2) is 5.82 Å². The SMILES string of the molecule is CC(c1ccc(-c2ccccc2)c(F)c1)c1nc2s/c(=C\c3ccc(Br)cc3)c(=O)n2n1. The lowest BCUT2D eigenvalue weighted by atomic mass is 9.96. The fraction of sp³-hybridized carbons (Fsp3) is 0.0800. The van der Waals surface area contributed by atoms with E-state index in [1.807, 2.05) is 73.7 Å². The number of halogens is 2. The molecule has 1 unspecified atom stereocenters. The Morgan fingerprint density at radius 2 is 1.81 bits per heavy atom. The van der Waals surface area contributed by atoms with E-state index in [0.29, 0.717) is 20.9 Å². The van der Waals surface area contributed by atoms with Crippen molar-refractivity contribution in [1.82, 2.24) is 14.6 Å². The third-order valence-electron chi connectivity index (χ3n) is 5.33. The number of hydrogen-bond acceptors (Lipinski definition) is 4. The molecule has 1 atom stereocenters. The number of benzene rings is 3. The van der Waals surface area contributed by atoms with Crippen LogP contribution in [0.25, 0.3) is 22.2 Å². The van der Waals surface area contributed by atoms with Crippen LogP contribution in [0, 0.1) is 5.82 Å². The Morgan fingerprint density at radius 1 is 1.06 bits per heavy atom. The summed E-state index contributed by atoms with van der Waals surface area (Å²) in [4.78, 5) is 17.9. The van der Waals surface area contributed by atoms with Crippen LogP contribution in [0.1, 0.15) is 29.8 Å². The van der Waals surface area contributed by atoms with Crippen LogP contribution in [0.2, 0.25) is 0 Å². The molecule has 0 N–H and O–H groups in total. The maximum Gasteiger partial charge on any atom is 0.291 e. The van der Waals surface area contributed by atoms with E-state index >= 15 is 0 Å². The quantitative estimate of drug-likeness (QED) is 0.327. The van der Waals surface area contributed by atoms with Gasteiger partial charge in [0.05, 0.1) is 4.53 Å². The molecule has 0 aliphatic carbocycles. The number of aromatic nitrogens is 3. The highest BCUT2D eigenvalue weighted by atomic mass is 79.9. The van der Waals surface area contributed by atoms with Crippen LogP contribution in [0.3, 0.4) is 0 Å². The van der Waals surface area contributed by atoms with Gasteiger partial charge in [-0.3, -0.25) is 4.79 Å². The molecule has 0 aliphatic heterocycles. The molecule has 0 saturated heterocycles. The summed E-state index contributed by atoms with van der Waals surface area (Å²) >= 11 is 4.70. The highest BCUT2D eigenvalue weighted by Gasteiger charge is 2.19. The van der Waals surface area contributed by atoms with Crippen LogP contribution in [0.15, 0.2) is 82.1 Å². The van der Waals surface area contributed by atoms with E-state index in [0.717, 1.165) is 21.2 Å². The summed E-state index contributed by atoms with van der Waals surface area (Å²) in [5.74, 6) is -0.0485. The third kappa shape index (κ3) is 3.89. The average Bonchev–Trinajstić information content (AvgIpc) is 3.34. The van der Waals surface area contributed by atoms with Crippen molar-refractivity contribution in [3.63, 3.8) is 0 Å². The van der Waals surface area contributed by atoms with E-state index in [9.17, 15) is 9.18 Å². The number of thiazole rings is 1. The third-order valence-corrected chi connectivity index (χ3v) is 6.82. The maximum atomic E-state index is 14.8. The lowest BCUT2D eigenvalue weighted by molar-refractivity contribution is 0.626. The van der Waals surface area contributed by atoms with E-state index < -0.39 is 0 Å². The molecule has 0 fully saturated rings. The lowest BCUT2D eigenvalue weighted by Gasteiger charge is -2.10. The first-order valence-electron chi connectivity index (χ1n) is 10.0. The molecule has 0 spiro atoms. The van der Waals surface area contributed by atoms with Crippen molar-refractivity contribution in [2.24, 2.45) is 0 Å². The van der Waals surface area contributed by atoms with Crippen molar-refractivity contribution >= 4 is 38.3 Å². The zero-order chi connectivity index (χ0) is 22.2. The van der Waals surface area contributed by atoms with Crippen LogP contribution in [0.4, 0.5) is 4.39 Å². The molecular weight excluding hydrogens is 489 g/mol. The molecule has 3 aromatic carbocycles. The van der Waals surface area contributed by atoms with Gasteiger partial charge in [0.1, 0.15) is 5.82 Å². The maximum absolute atomic E-state index is 14.8. The lowest BCUT2D eigenvalue weighted by Crippen LogP contribution is -2.24.